The molecule has 0 aliphatic rings. The Morgan fingerprint density at radius 2 is 1.77 bits per heavy atom. The van der Waals surface area contributed by atoms with E-state index in [0.29, 0.717) is 11.6 Å². The lowest BCUT2D eigenvalue weighted by atomic mass is 10.0. The van der Waals surface area contributed by atoms with Crippen LogP contribution in [0.3, 0.4) is 0 Å². The maximum Gasteiger partial charge on any atom is 0.251 e. The van der Waals surface area contributed by atoms with E-state index in [2.05, 4.69) is 5.32 Å². The zero-order valence-electron chi connectivity index (χ0n) is 14.9. The molecule has 2 nitrogen and oxygen atoms in total. The summed E-state index contributed by atoms with van der Waals surface area (Å²) in [5.74, 6) is -3.85. The van der Waals surface area contributed by atoms with Crippen molar-refractivity contribution in [3.05, 3.63) is 87.8 Å². The van der Waals surface area contributed by atoms with E-state index >= 15 is 0 Å². The highest BCUT2D eigenvalue weighted by Crippen LogP contribution is 2.17. The highest BCUT2D eigenvalue weighted by molar-refractivity contribution is 5.94. The van der Waals surface area contributed by atoms with E-state index in [0.717, 1.165) is 22.8 Å². The molecular weight excluding hydrogens is 339 g/mol. The van der Waals surface area contributed by atoms with Crippen molar-refractivity contribution >= 4 is 12.0 Å². The molecule has 2 aromatic carbocycles. The first-order chi connectivity index (χ1) is 12.3. The minimum absolute atomic E-state index is 0.352. The second-order valence-corrected chi connectivity index (χ2v) is 6.18. The first kappa shape index (κ1) is 19.5. The molecule has 0 heterocycles. The van der Waals surface area contributed by atoms with Gasteiger partial charge in [0.05, 0.1) is 0 Å². The number of carbonyl (C=O) groups is 1. The zero-order valence-corrected chi connectivity index (χ0v) is 14.9. The molecule has 136 valence electrons. The largest absolute Gasteiger partial charge is 0.348 e. The van der Waals surface area contributed by atoms with Gasteiger partial charge in [0, 0.05) is 17.7 Å². The molecule has 2 aromatic rings. The van der Waals surface area contributed by atoms with Crippen LogP contribution in [0.4, 0.5) is 13.2 Å². The summed E-state index contributed by atoms with van der Waals surface area (Å²) < 4.78 is 40.5. The van der Waals surface area contributed by atoms with Gasteiger partial charge in [0.25, 0.3) is 5.91 Å². The summed E-state index contributed by atoms with van der Waals surface area (Å²) in [4.78, 5) is 12.3. The standard InChI is InChI=1S/C21H20F3NO/c1-13(2)5-4-6-15-11-16(8-7-14(15)3)21(26)25-12-17-18(22)9-10-19(23)20(17)24/h4-11H,12H2,1-3H3,(H,25,26)/b6-4-. The quantitative estimate of drug-likeness (QED) is 0.568. The normalized spacial score (nSPS) is 10.8. The van der Waals surface area contributed by atoms with Gasteiger partial charge in [-0.1, -0.05) is 29.9 Å². The van der Waals surface area contributed by atoms with Gasteiger partial charge in [-0.15, -0.1) is 0 Å². The van der Waals surface area contributed by atoms with Crippen molar-refractivity contribution in [2.75, 3.05) is 0 Å². The van der Waals surface area contributed by atoms with Crippen molar-refractivity contribution in [2.45, 2.75) is 27.3 Å². The van der Waals surface area contributed by atoms with Gasteiger partial charge in [-0.05, 0) is 56.2 Å². The molecule has 0 aliphatic carbocycles. The molecule has 0 bridgehead atoms. The highest BCUT2D eigenvalue weighted by Gasteiger charge is 2.15. The molecule has 0 spiro atoms. The maximum atomic E-state index is 13.7. The van der Waals surface area contributed by atoms with Gasteiger partial charge >= 0.3 is 0 Å². The average Bonchev–Trinajstić information content (AvgIpc) is 2.59. The van der Waals surface area contributed by atoms with Crippen LogP contribution in [0.1, 0.15) is 40.9 Å². The Hall–Kier alpha value is -2.82. The summed E-state index contributed by atoms with van der Waals surface area (Å²) in [5.41, 5.74) is 2.84. The number of hydrogen-bond acceptors (Lipinski definition) is 1. The van der Waals surface area contributed by atoms with Crippen molar-refractivity contribution in [1.82, 2.24) is 5.32 Å². The van der Waals surface area contributed by atoms with Gasteiger partial charge in [-0.3, -0.25) is 4.79 Å². The summed E-state index contributed by atoms with van der Waals surface area (Å²) in [5, 5.41) is 2.42. The number of nitrogens with one attached hydrogen (secondary N) is 1. The number of allylic oxidation sites excluding steroid dienone is 3. The van der Waals surface area contributed by atoms with Gasteiger partial charge < -0.3 is 5.32 Å². The van der Waals surface area contributed by atoms with Gasteiger partial charge in [0.1, 0.15) is 5.82 Å². The minimum Gasteiger partial charge on any atom is -0.348 e. The maximum absolute atomic E-state index is 13.7. The number of rotatable bonds is 5. The van der Waals surface area contributed by atoms with Crippen LogP contribution in [0.25, 0.3) is 6.08 Å². The Morgan fingerprint density at radius 3 is 2.46 bits per heavy atom. The molecule has 0 aromatic heterocycles. The first-order valence-corrected chi connectivity index (χ1v) is 8.12. The van der Waals surface area contributed by atoms with Crippen molar-refractivity contribution in [3.8, 4) is 0 Å². The van der Waals surface area contributed by atoms with Crippen LogP contribution in [0, 0.1) is 24.4 Å². The Bertz CT molecular complexity index is 881. The lowest BCUT2D eigenvalue weighted by Gasteiger charge is -2.09. The first-order valence-electron chi connectivity index (χ1n) is 8.12. The van der Waals surface area contributed by atoms with E-state index in [9.17, 15) is 18.0 Å². The Morgan fingerprint density at radius 1 is 1.08 bits per heavy atom. The number of hydrogen-bond donors (Lipinski definition) is 1. The molecule has 0 unspecified atom stereocenters. The third kappa shape index (κ3) is 4.85. The predicted octanol–water partition coefficient (Wildman–Crippen LogP) is 5.32. The highest BCUT2D eigenvalue weighted by atomic mass is 19.2. The summed E-state index contributed by atoms with van der Waals surface area (Å²) in [6.45, 7) is 5.43. The molecule has 0 aliphatic heterocycles. The third-order valence-corrected chi connectivity index (χ3v) is 3.81. The van der Waals surface area contributed by atoms with E-state index in [-0.39, 0.29) is 0 Å². The van der Waals surface area contributed by atoms with Gasteiger partial charge in [0.2, 0.25) is 0 Å². The molecule has 5 heteroatoms. The van der Waals surface area contributed by atoms with Crippen LogP contribution >= 0.6 is 0 Å². The molecule has 0 fully saturated rings. The summed E-state index contributed by atoms with van der Waals surface area (Å²) >= 11 is 0. The van der Waals surface area contributed by atoms with Crippen LogP contribution < -0.4 is 5.32 Å². The second kappa shape index (κ2) is 8.52. The lowest BCUT2D eigenvalue weighted by Crippen LogP contribution is -2.24. The number of aryl methyl sites for hydroxylation is 1. The smallest absolute Gasteiger partial charge is 0.251 e. The Kier molecular flexibility index (Phi) is 6.39. The molecule has 26 heavy (non-hydrogen) atoms. The number of halogens is 3. The topological polar surface area (TPSA) is 29.1 Å². The van der Waals surface area contributed by atoms with Crippen LogP contribution in [-0.4, -0.2) is 5.91 Å². The molecule has 1 N–H and O–H groups in total. The van der Waals surface area contributed by atoms with Crippen LogP contribution in [0.2, 0.25) is 0 Å². The van der Waals surface area contributed by atoms with Gasteiger partial charge in [0.15, 0.2) is 11.6 Å². The molecule has 2 rings (SSSR count). The number of amides is 1. The van der Waals surface area contributed by atoms with Gasteiger partial charge in [-0.2, -0.15) is 0 Å². The fourth-order valence-electron chi connectivity index (χ4n) is 2.31. The predicted molar refractivity (Wildman–Crippen MR) is 97.1 cm³/mol. The number of carbonyl (C=O) groups excluding carboxylic acids is 1. The third-order valence-electron chi connectivity index (χ3n) is 3.81. The zero-order chi connectivity index (χ0) is 19.3. The molecule has 0 saturated heterocycles. The average molecular weight is 359 g/mol. The fourth-order valence-corrected chi connectivity index (χ4v) is 2.31. The summed E-state index contributed by atoms with van der Waals surface area (Å²) in [6.07, 6.45) is 5.71. The van der Waals surface area contributed by atoms with E-state index < -0.39 is 35.5 Å². The van der Waals surface area contributed by atoms with E-state index in [1.54, 1.807) is 18.2 Å². The van der Waals surface area contributed by atoms with Gasteiger partial charge in [-0.25, -0.2) is 13.2 Å². The molecule has 1 amide bonds. The summed E-state index contributed by atoms with van der Waals surface area (Å²) in [7, 11) is 0. The van der Waals surface area contributed by atoms with Crippen LogP contribution in [-0.2, 0) is 6.54 Å². The van der Waals surface area contributed by atoms with Crippen molar-refractivity contribution in [2.24, 2.45) is 0 Å². The van der Waals surface area contributed by atoms with E-state index in [4.69, 9.17) is 0 Å². The molecule has 0 radical (unpaired) electrons. The second-order valence-electron chi connectivity index (χ2n) is 6.18. The lowest BCUT2D eigenvalue weighted by molar-refractivity contribution is 0.0950. The van der Waals surface area contributed by atoms with Crippen LogP contribution in [0.15, 0.2) is 48.1 Å². The van der Waals surface area contributed by atoms with Crippen molar-refractivity contribution < 1.29 is 18.0 Å². The van der Waals surface area contributed by atoms with E-state index in [1.807, 2.05) is 39.0 Å². The minimum atomic E-state index is -1.29. The number of benzene rings is 2. The summed E-state index contributed by atoms with van der Waals surface area (Å²) in [6, 6.07) is 6.65. The molecule has 0 atom stereocenters. The fraction of sp³-hybridized carbons (Fsp3) is 0.190. The van der Waals surface area contributed by atoms with Crippen molar-refractivity contribution in [1.29, 1.82) is 0 Å². The van der Waals surface area contributed by atoms with E-state index in [1.165, 1.54) is 0 Å². The monoisotopic (exact) mass is 359 g/mol. The van der Waals surface area contributed by atoms with Crippen molar-refractivity contribution in [3.63, 3.8) is 0 Å². The Balaban J connectivity index is 2.17. The molecular formula is C21H20F3NO. The SMILES string of the molecule is CC(C)=C/C=C\c1cc(C(=O)NCc2c(F)ccc(F)c2F)ccc1C. The molecule has 0 saturated carbocycles. The van der Waals surface area contributed by atoms with Crippen LogP contribution in [0.5, 0.6) is 0 Å². The Labute approximate surface area is 151 Å².